The first kappa shape index (κ1) is 23.5. The minimum atomic E-state index is 0.713. The molecule has 0 aromatic carbocycles. The van der Waals surface area contributed by atoms with E-state index in [1.165, 1.54) is 128 Å². The second-order valence-electron chi connectivity index (χ2n) is 9.54. The topological polar surface area (TPSA) is 17.8 Å². The quantitative estimate of drug-likeness (QED) is 0.259. The van der Waals surface area contributed by atoms with Crippen molar-refractivity contribution >= 4 is 0 Å². The van der Waals surface area contributed by atoms with Crippen LogP contribution in [0.25, 0.3) is 0 Å². The van der Waals surface area contributed by atoms with E-state index in [1.54, 1.807) is 0 Å². The number of unbranched alkanes of at least 4 members (excludes halogenated alkanes) is 13. The van der Waals surface area contributed by atoms with Crippen LogP contribution in [0, 0.1) is 5.92 Å². The molecule has 0 radical (unpaired) electrons. The fourth-order valence-electron chi connectivity index (χ4n) is 5.02. The van der Waals surface area contributed by atoms with E-state index in [1.807, 2.05) is 6.20 Å². The fourth-order valence-corrected chi connectivity index (χ4v) is 5.02. The summed E-state index contributed by atoms with van der Waals surface area (Å²) in [5.74, 6) is 2.97. The molecular formula is C26H48N2. The van der Waals surface area contributed by atoms with E-state index in [9.17, 15) is 0 Å². The maximum absolute atomic E-state index is 4.72. The summed E-state index contributed by atoms with van der Waals surface area (Å²) in [5.41, 5.74) is 0. The zero-order chi connectivity index (χ0) is 19.9. The van der Waals surface area contributed by atoms with Gasteiger partial charge in [0.1, 0.15) is 5.82 Å². The summed E-state index contributed by atoms with van der Waals surface area (Å²) in [4.78, 5) is 4.72. The summed E-state index contributed by atoms with van der Waals surface area (Å²) in [6.45, 7) is 5.89. The SMILES string of the molecule is CCCCCCCCCCCCCCCCn1ccnc1C1CCCC(C)C1. The first-order valence-electron chi connectivity index (χ1n) is 12.8. The molecule has 1 aliphatic carbocycles. The molecule has 0 amide bonds. The molecule has 1 saturated carbocycles. The lowest BCUT2D eigenvalue weighted by Crippen LogP contribution is -2.16. The number of hydrogen-bond donors (Lipinski definition) is 0. The largest absolute Gasteiger partial charge is 0.335 e. The molecule has 162 valence electrons. The van der Waals surface area contributed by atoms with Gasteiger partial charge in [-0.05, 0) is 25.2 Å². The maximum atomic E-state index is 4.72. The van der Waals surface area contributed by atoms with Gasteiger partial charge >= 0.3 is 0 Å². The third kappa shape index (κ3) is 9.61. The van der Waals surface area contributed by atoms with Gasteiger partial charge in [-0.1, -0.05) is 110 Å². The molecule has 0 saturated heterocycles. The van der Waals surface area contributed by atoms with E-state index in [0.29, 0.717) is 5.92 Å². The molecule has 0 spiro atoms. The molecule has 0 aliphatic heterocycles. The normalized spacial score (nSPS) is 19.9. The van der Waals surface area contributed by atoms with Gasteiger partial charge in [-0.2, -0.15) is 0 Å². The molecule has 2 rings (SSSR count). The Morgan fingerprint density at radius 2 is 1.39 bits per heavy atom. The lowest BCUT2D eigenvalue weighted by Gasteiger charge is -2.26. The highest BCUT2D eigenvalue weighted by Gasteiger charge is 2.23. The number of rotatable bonds is 16. The van der Waals surface area contributed by atoms with Crippen LogP contribution in [-0.2, 0) is 6.54 Å². The maximum Gasteiger partial charge on any atom is 0.111 e. The smallest absolute Gasteiger partial charge is 0.111 e. The van der Waals surface area contributed by atoms with E-state index in [-0.39, 0.29) is 0 Å². The van der Waals surface area contributed by atoms with Crippen molar-refractivity contribution in [2.45, 2.75) is 142 Å². The first-order chi connectivity index (χ1) is 13.8. The molecule has 1 aromatic heterocycles. The van der Waals surface area contributed by atoms with Crippen molar-refractivity contribution in [2.24, 2.45) is 5.92 Å². The van der Waals surface area contributed by atoms with E-state index in [2.05, 4.69) is 24.6 Å². The minimum Gasteiger partial charge on any atom is -0.335 e. The number of aryl methyl sites for hydroxylation is 1. The van der Waals surface area contributed by atoms with Crippen molar-refractivity contribution in [1.29, 1.82) is 0 Å². The lowest BCUT2D eigenvalue weighted by molar-refractivity contribution is 0.328. The van der Waals surface area contributed by atoms with Crippen LogP contribution < -0.4 is 0 Å². The highest BCUT2D eigenvalue weighted by Crippen LogP contribution is 2.35. The summed E-state index contributed by atoms with van der Waals surface area (Å²) in [5, 5.41) is 0. The summed E-state index contributed by atoms with van der Waals surface area (Å²) in [7, 11) is 0. The van der Waals surface area contributed by atoms with Gasteiger partial charge in [0.25, 0.3) is 0 Å². The standard InChI is InChI=1S/C26H48N2/c1-3-4-5-6-7-8-9-10-11-12-13-14-15-16-21-28-22-20-27-26(28)25-19-17-18-24(2)23-25/h20,22,24-25H,3-19,21,23H2,1-2H3. The van der Waals surface area contributed by atoms with E-state index in [0.717, 1.165) is 5.92 Å². The van der Waals surface area contributed by atoms with Crippen molar-refractivity contribution in [1.82, 2.24) is 9.55 Å². The van der Waals surface area contributed by atoms with Gasteiger partial charge in [0, 0.05) is 24.9 Å². The Kier molecular flexibility index (Phi) is 12.7. The van der Waals surface area contributed by atoms with Crippen LogP contribution in [0.2, 0.25) is 0 Å². The Bertz CT molecular complexity index is 479. The highest BCUT2D eigenvalue weighted by molar-refractivity contribution is 5.02. The summed E-state index contributed by atoms with van der Waals surface area (Å²) < 4.78 is 2.46. The Morgan fingerprint density at radius 3 is 1.96 bits per heavy atom. The molecule has 1 aliphatic rings. The Morgan fingerprint density at radius 1 is 0.821 bits per heavy atom. The van der Waals surface area contributed by atoms with Gasteiger partial charge in [-0.3, -0.25) is 0 Å². The van der Waals surface area contributed by atoms with Crippen LogP contribution in [0.3, 0.4) is 0 Å². The van der Waals surface area contributed by atoms with Crippen molar-refractivity contribution in [3.63, 3.8) is 0 Å². The number of nitrogens with zero attached hydrogens (tertiary/aromatic N) is 2. The second-order valence-corrected chi connectivity index (χ2v) is 9.54. The zero-order valence-electron chi connectivity index (χ0n) is 19.1. The van der Waals surface area contributed by atoms with Crippen molar-refractivity contribution < 1.29 is 0 Å². The first-order valence-corrected chi connectivity index (χ1v) is 12.8. The van der Waals surface area contributed by atoms with Gasteiger partial charge < -0.3 is 4.57 Å². The molecule has 28 heavy (non-hydrogen) atoms. The van der Waals surface area contributed by atoms with Gasteiger partial charge in [0.05, 0.1) is 0 Å². The molecule has 0 N–H and O–H groups in total. The van der Waals surface area contributed by atoms with E-state index in [4.69, 9.17) is 4.98 Å². The Hall–Kier alpha value is -0.790. The number of aromatic nitrogens is 2. The van der Waals surface area contributed by atoms with Gasteiger partial charge in [0.2, 0.25) is 0 Å². The second kappa shape index (κ2) is 15.1. The minimum absolute atomic E-state index is 0.713. The Labute approximate surface area is 175 Å². The van der Waals surface area contributed by atoms with Gasteiger partial charge in [-0.15, -0.1) is 0 Å². The molecule has 2 nitrogen and oxygen atoms in total. The third-order valence-electron chi connectivity index (χ3n) is 6.80. The lowest BCUT2D eigenvalue weighted by atomic mass is 9.82. The summed E-state index contributed by atoms with van der Waals surface area (Å²) >= 11 is 0. The summed E-state index contributed by atoms with van der Waals surface area (Å²) in [6, 6.07) is 0. The van der Waals surface area contributed by atoms with Crippen LogP contribution in [0.5, 0.6) is 0 Å². The molecular weight excluding hydrogens is 340 g/mol. The molecule has 1 aromatic rings. The third-order valence-corrected chi connectivity index (χ3v) is 6.80. The van der Waals surface area contributed by atoms with Crippen LogP contribution >= 0.6 is 0 Å². The van der Waals surface area contributed by atoms with Crippen LogP contribution in [0.4, 0.5) is 0 Å². The zero-order valence-corrected chi connectivity index (χ0v) is 19.1. The van der Waals surface area contributed by atoms with E-state index < -0.39 is 0 Å². The molecule has 0 bridgehead atoms. The van der Waals surface area contributed by atoms with Crippen LogP contribution in [0.1, 0.15) is 141 Å². The van der Waals surface area contributed by atoms with Crippen LogP contribution in [-0.4, -0.2) is 9.55 Å². The van der Waals surface area contributed by atoms with Crippen molar-refractivity contribution in [2.75, 3.05) is 0 Å². The average Bonchev–Trinajstić information content (AvgIpc) is 3.17. The molecule has 2 heteroatoms. The van der Waals surface area contributed by atoms with Crippen molar-refractivity contribution in [3.05, 3.63) is 18.2 Å². The Balaban J connectivity index is 1.43. The van der Waals surface area contributed by atoms with Crippen LogP contribution in [0.15, 0.2) is 12.4 Å². The average molecular weight is 389 g/mol. The summed E-state index contributed by atoms with van der Waals surface area (Å²) in [6.07, 6.45) is 29.8. The van der Waals surface area contributed by atoms with Gasteiger partial charge in [-0.25, -0.2) is 4.98 Å². The fraction of sp³-hybridized carbons (Fsp3) is 0.885. The molecule has 1 heterocycles. The number of hydrogen-bond acceptors (Lipinski definition) is 1. The van der Waals surface area contributed by atoms with E-state index >= 15 is 0 Å². The molecule has 2 atom stereocenters. The molecule has 1 fully saturated rings. The highest BCUT2D eigenvalue weighted by atomic mass is 15.1. The van der Waals surface area contributed by atoms with Crippen molar-refractivity contribution in [3.8, 4) is 0 Å². The number of imidazole rings is 1. The predicted octanol–water partition coefficient (Wildman–Crippen LogP) is 8.66. The predicted molar refractivity (Wildman–Crippen MR) is 123 cm³/mol. The van der Waals surface area contributed by atoms with Gasteiger partial charge in [0.15, 0.2) is 0 Å². The monoisotopic (exact) mass is 388 g/mol. The molecule has 2 unspecified atom stereocenters.